The number of H-pyrrole nitrogens is 4. The molecule has 4 N–H and O–H groups in total. The van der Waals surface area contributed by atoms with Gasteiger partial charge in [0.05, 0.1) is 13.2 Å². The van der Waals surface area contributed by atoms with Crippen molar-refractivity contribution in [3.8, 4) is 0 Å². The van der Waals surface area contributed by atoms with E-state index in [0.29, 0.717) is 38.9 Å². The summed E-state index contributed by atoms with van der Waals surface area (Å²) in [5, 5.41) is 4.11. The summed E-state index contributed by atoms with van der Waals surface area (Å²) in [5.41, 5.74) is 13.5. The summed E-state index contributed by atoms with van der Waals surface area (Å²) < 4.78 is 10.9. The number of carbonyl (C=O) groups is 2. The molecule has 0 spiro atoms. The molecule has 4 aromatic heterocycles. The van der Waals surface area contributed by atoms with E-state index in [1.54, 1.807) is 0 Å². The van der Waals surface area contributed by atoms with Gasteiger partial charge in [0.15, 0.2) is 0 Å². The third kappa shape index (κ3) is 7.18. The quantitative estimate of drug-likeness (QED) is 0.146. The van der Waals surface area contributed by atoms with Gasteiger partial charge in [-0.25, -0.2) is 0 Å². The van der Waals surface area contributed by atoms with Crippen LogP contribution in [-0.4, -0.2) is 45.1 Å². The van der Waals surface area contributed by atoms with Gasteiger partial charge in [0.1, 0.15) is 0 Å². The molecule has 5 heterocycles. The molecule has 8 nitrogen and oxygen atoms in total. The number of rotatable bonds is 12. The van der Waals surface area contributed by atoms with Gasteiger partial charge in [-0.05, 0) is 135 Å². The maximum Gasteiger partial charge on any atom is 0.306 e. The highest BCUT2D eigenvalue weighted by atomic mass is 16.5. The van der Waals surface area contributed by atoms with E-state index in [0.717, 1.165) is 92.1 Å². The van der Waals surface area contributed by atoms with Gasteiger partial charge in [0, 0.05) is 57.0 Å². The average molecular weight is 653 g/mol. The predicted molar refractivity (Wildman–Crippen MR) is 193 cm³/mol. The lowest BCUT2D eigenvalue weighted by Gasteiger charge is -2.05. The molecule has 256 valence electrons. The maximum atomic E-state index is 12.6. The second kappa shape index (κ2) is 15.2. The van der Waals surface area contributed by atoms with Gasteiger partial charge in [-0.1, -0.05) is 27.7 Å². The van der Waals surface area contributed by atoms with Gasteiger partial charge < -0.3 is 29.4 Å². The second-order valence-electron chi connectivity index (χ2n) is 12.9. The largest absolute Gasteiger partial charge is 0.466 e. The van der Waals surface area contributed by atoms with Gasteiger partial charge in [-0.3, -0.25) is 9.59 Å². The molecule has 0 saturated carbocycles. The molecule has 0 atom stereocenters. The molecule has 1 aliphatic rings. The number of aromatic nitrogens is 4. The van der Waals surface area contributed by atoms with Gasteiger partial charge in [0.25, 0.3) is 0 Å². The van der Waals surface area contributed by atoms with Crippen LogP contribution in [0.15, 0.2) is 0 Å². The second-order valence-corrected chi connectivity index (χ2v) is 12.9. The number of hydrogen-bond acceptors (Lipinski definition) is 4. The van der Waals surface area contributed by atoms with Crippen molar-refractivity contribution in [2.75, 3.05) is 13.2 Å². The minimum absolute atomic E-state index is 0.188. The van der Waals surface area contributed by atoms with Crippen LogP contribution < -0.4 is 21.4 Å². The summed E-state index contributed by atoms with van der Waals surface area (Å²) in [5.74, 6) is -0.377. The van der Waals surface area contributed by atoms with E-state index in [4.69, 9.17) is 9.47 Å². The van der Waals surface area contributed by atoms with E-state index in [-0.39, 0.29) is 11.9 Å². The molecule has 0 aromatic carbocycles. The zero-order chi connectivity index (χ0) is 34.5. The first-order chi connectivity index (χ1) is 23.1. The van der Waals surface area contributed by atoms with Crippen LogP contribution >= 0.6 is 0 Å². The van der Waals surface area contributed by atoms with E-state index < -0.39 is 0 Å². The molecule has 0 unspecified atom stereocenters. The number of nitrogens with one attached hydrogen (secondary N) is 4. The fraction of sp³-hybridized carbons (Fsp3) is 0.450. The summed E-state index contributed by atoms with van der Waals surface area (Å²) in [7, 11) is 0. The lowest BCUT2D eigenvalue weighted by molar-refractivity contribution is -0.144. The van der Waals surface area contributed by atoms with Gasteiger partial charge >= 0.3 is 11.9 Å². The number of fused-ring (bicyclic) bond motifs is 8. The molecule has 4 aromatic rings. The standard InChI is InChI=1S/C40H52N4O4/c1-9-17-47-39(45)15-13-29-25(7)32-19-31-23(5)27(11-3)35(41-31)20-33-24(6)28(12-4)36(42-33)21-34-26(8)30(14-16-40(46)48-18-10-2)38(44-34)22-37(29)43-32/h19-22,41-44H,9-18H2,1-8H3. The van der Waals surface area contributed by atoms with Crippen LogP contribution in [0.5, 0.6) is 0 Å². The number of ether oxygens (including phenoxy) is 2. The van der Waals surface area contributed by atoms with E-state index in [2.05, 4.69) is 85.8 Å². The smallest absolute Gasteiger partial charge is 0.306 e. The Kier molecular flexibility index (Phi) is 11.0. The van der Waals surface area contributed by atoms with E-state index in [9.17, 15) is 9.59 Å². The van der Waals surface area contributed by atoms with Crippen LogP contribution in [-0.2, 0) is 44.7 Å². The molecular weight excluding hydrogens is 600 g/mol. The maximum absolute atomic E-state index is 12.6. The molecule has 0 aliphatic carbocycles. The monoisotopic (exact) mass is 652 g/mol. The van der Waals surface area contributed by atoms with Crippen molar-refractivity contribution in [1.29, 1.82) is 0 Å². The van der Waals surface area contributed by atoms with Crippen molar-refractivity contribution in [3.05, 3.63) is 88.7 Å². The normalized spacial score (nSPS) is 12.2. The molecule has 0 fully saturated rings. The van der Waals surface area contributed by atoms with Crippen LogP contribution in [0.3, 0.4) is 0 Å². The lowest BCUT2D eigenvalue weighted by atomic mass is 10.0. The molecule has 0 radical (unpaired) electrons. The Morgan fingerprint density at radius 2 is 0.917 bits per heavy atom. The highest BCUT2D eigenvalue weighted by molar-refractivity contribution is 5.72. The predicted octanol–water partition coefficient (Wildman–Crippen LogP) is 4.76. The summed E-state index contributed by atoms with van der Waals surface area (Å²) in [6.45, 7) is 17.9. The zero-order valence-corrected chi connectivity index (χ0v) is 30.0. The summed E-state index contributed by atoms with van der Waals surface area (Å²) in [4.78, 5) is 40.1. The van der Waals surface area contributed by atoms with E-state index >= 15 is 0 Å². The first-order valence-corrected chi connectivity index (χ1v) is 17.7. The van der Waals surface area contributed by atoms with Crippen molar-refractivity contribution in [2.24, 2.45) is 0 Å². The van der Waals surface area contributed by atoms with Crippen molar-refractivity contribution in [3.63, 3.8) is 0 Å². The van der Waals surface area contributed by atoms with Crippen molar-refractivity contribution in [1.82, 2.24) is 19.9 Å². The Hall–Kier alpha value is -4.46. The molecule has 5 rings (SSSR count). The Balaban J connectivity index is 1.79. The molecular formula is C40H52N4O4. The van der Waals surface area contributed by atoms with E-state index in [1.165, 1.54) is 22.3 Å². The highest BCUT2D eigenvalue weighted by Gasteiger charge is 2.18. The zero-order valence-electron chi connectivity index (χ0n) is 30.0. The van der Waals surface area contributed by atoms with Crippen LogP contribution in [0.1, 0.15) is 121 Å². The Morgan fingerprint density at radius 1 is 0.500 bits per heavy atom. The first-order valence-electron chi connectivity index (χ1n) is 17.7. The summed E-state index contributed by atoms with van der Waals surface area (Å²) >= 11 is 0. The fourth-order valence-corrected chi connectivity index (χ4v) is 6.95. The fourth-order valence-electron chi connectivity index (χ4n) is 6.95. The van der Waals surface area contributed by atoms with E-state index in [1.807, 2.05) is 13.8 Å². The van der Waals surface area contributed by atoms with Gasteiger partial charge in [0.2, 0.25) is 0 Å². The lowest BCUT2D eigenvalue weighted by Crippen LogP contribution is -2.14. The molecule has 0 amide bonds. The average Bonchev–Trinajstić information content (AvgIpc) is 3.73. The minimum atomic E-state index is -0.189. The van der Waals surface area contributed by atoms with Gasteiger partial charge in [-0.15, -0.1) is 0 Å². The minimum Gasteiger partial charge on any atom is -0.466 e. The first kappa shape index (κ1) is 34.9. The summed E-state index contributed by atoms with van der Waals surface area (Å²) in [6, 6.07) is 0. The summed E-state index contributed by atoms with van der Waals surface area (Å²) in [6.07, 6.45) is 13.9. The number of esters is 2. The number of hydrogen-bond donors (Lipinski definition) is 4. The molecule has 8 heteroatoms. The van der Waals surface area contributed by atoms with Crippen LogP contribution in [0, 0.1) is 27.7 Å². The van der Waals surface area contributed by atoms with Crippen molar-refractivity contribution in [2.45, 2.75) is 107 Å². The third-order valence-corrected chi connectivity index (χ3v) is 9.76. The topological polar surface area (TPSA) is 116 Å². The Morgan fingerprint density at radius 3 is 1.46 bits per heavy atom. The third-order valence-electron chi connectivity index (χ3n) is 9.76. The Labute approximate surface area is 283 Å². The molecule has 48 heavy (non-hydrogen) atoms. The molecule has 0 saturated heterocycles. The van der Waals surface area contributed by atoms with Crippen LogP contribution in [0.2, 0.25) is 0 Å². The highest BCUT2D eigenvalue weighted by Crippen LogP contribution is 2.23. The van der Waals surface area contributed by atoms with Gasteiger partial charge in [-0.2, -0.15) is 0 Å². The van der Waals surface area contributed by atoms with Crippen molar-refractivity contribution < 1.29 is 19.1 Å². The Bertz CT molecular complexity index is 2060. The molecule has 1 aliphatic heterocycles. The van der Waals surface area contributed by atoms with Crippen LogP contribution in [0.4, 0.5) is 0 Å². The van der Waals surface area contributed by atoms with Crippen LogP contribution in [0.25, 0.3) is 24.3 Å². The molecule has 8 bridgehead atoms. The van der Waals surface area contributed by atoms with Crippen molar-refractivity contribution >= 4 is 36.2 Å². The SMILES string of the molecule is CCCOC(=O)CCc1c2[nH]c(c1C)C=c1[nH]c(c(C)c1CC)=Cc1[nH]c(c(C)c1CC)C=c1[nH]c(c(CCC(=O)OCCC)c1C)=C2. The number of aromatic amines is 4. The number of carbonyl (C=O) groups excluding carboxylic acids is 2.